The molecule has 3 heterocycles. The molecular formula is C29H38N2O6S. The van der Waals surface area contributed by atoms with Gasteiger partial charge >= 0.3 is 16.3 Å². The number of imidazole rings is 1. The molecule has 2 aliphatic heterocycles. The summed E-state index contributed by atoms with van der Waals surface area (Å²) in [6.45, 7) is 10.3. The van der Waals surface area contributed by atoms with Crippen molar-refractivity contribution in [3.63, 3.8) is 0 Å². The van der Waals surface area contributed by atoms with Crippen molar-refractivity contribution < 1.29 is 26.9 Å². The molecule has 0 N–H and O–H groups in total. The second kappa shape index (κ2) is 9.92. The largest absolute Gasteiger partial charge is 0.456 e. The Morgan fingerprint density at radius 1 is 1.26 bits per heavy atom. The zero-order valence-corrected chi connectivity index (χ0v) is 23.6. The van der Waals surface area contributed by atoms with Gasteiger partial charge in [0.25, 0.3) is 0 Å². The van der Waals surface area contributed by atoms with E-state index in [1.165, 1.54) is 18.7 Å². The molecule has 7 atom stereocenters. The zero-order valence-electron chi connectivity index (χ0n) is 22.7. The normalized spacial score (nSPS) is 34.9. The van der Waals surface area contributed by atoms with Gasteiger partial charge < -0.3 is 9.47 Å². The van der Waals surface area contributed by atoms with Crippen molar-refractivity contribution in [3.05, 3.63) is 60.7 Å². The molecule has 0 spiro atoms. The van der Waals surface area contributed by atoms with Gasteiger partial charge in [0.05, 0.1) is 5.60 Å². The van der Waals surface area contributed by atoms with Gasteiger partial charge in [-0.2, -0.15) is 8.42 Å². The average Bonchev–Trinajstić information content (AvgIpc) is 3.57. The van der Waals surface area contributed by atoms with Crippen LogP contribution in [0.25, 0.3) is 5.57 Å². The van der Waals surface area contributed by atoms with E-state index in [1.807, 2.05) is 44.2 Å². The Kier molecular flexibility index (Phi) is 7.07. The quantitative estimate of drug-likeness (QED) is 0.341. The molecule has 1 aromatic heterocycles. The van der Waals surface area contributed by atoms with Gasteiger partial charge in [-0.05, 0) is 62.0 Å². The SMILES string of the molecule is C/C(=C\C(=O)OC1C2C(C)CCC2C2(C)OC1(CC(C)C)CC2OS(=O)(=O)n1ccnc1)c1ccccc1. The van der Waals surface area contributed by atoms with Crippen molar-refractivity contribution in [3.8, 4) is 0 Å². The molecule has 206 valence electrons. The highest BCUT2D eigenvalue weighted by atomic mass is 32.2. The number of fused-ring (bicyclic) bond motifs is 4. The summed E-state index contributed by atoms with van der Waals surface area (Å²) in [5, 5.41) is 0. The van der Waals surface area contributed by atoms with Crippen LogP contribution in [0.4, 0.5) is 0 Å². The number of esters is 1. The fourth-order valence-corrected chi connectivity index (χ4v) is 8.27. The van der Waals surface area contributed by atoms with Gasteiger partial charge in [-0.15, -0.1) is 0 Å². The van der Waals surface area contributed by atoms with E-state index in [0.717, 1.165) is 28.0 Å². The molecule has 1 aromatic carbocycles. The number of allylic oxidation sites excluding steroid dienone is 1. The van der Waals surface area contributed by atoms with E-state index in [2.05, 4.69) is 25.8 Å². The molecule has 1 aliphatic carbocycles. The van der Waals surface area contributed by atoms with Crippen LogP contribution in [0.5, 0.6) is 0 Å². The minimum absolute atomic E-state index is 0.000254. The summed E-state index contributed by atoms with van der Waals surface area (Å²) in [4.78, 5) is 17.2. The molecule has 5 rings (SSSR count). The average molecular weight is 543 g/mol. The van der Waals surface area contributed by atoms with Crippen LogP contribution in [0.2, 0.25) is 0 Å². The molecule has 9 heteroatoms. The van der Waals surface area contributed by atoms with Gasteiger partial charge in [-0.1, -0.05) is 51.1 Å². The highest BCUT2D eigenvalue weighted by molar-refractivity contribution is 7.85. The number of rotatable bonds is 8. The monoisotopic (exact) mass is 542 g/mol. The number of hydrogen-bond donors (Lipinski definition) is 0. The summed E-state index contributed by atoms with van der Waals surface area (Å²) < 4.78 is 46.4. The van der Waals surface area contributed by atoms with Gasteiger partial charge in [-0.3, -0.25) is 0 Å². The highest BCUT2D eigenvalue weighted by Gasteiger charge is 2.71. The fourth-order valence-electron chi connectivity index (χ4n) is 7.25. The van der Waals surface area contributed by atoms with Crippen molar-refractivity contribution in [1.29, 1.82) is 0 Å². The van der Waals surface area contributed by atoms with E-state index in [1.54, 1.807) is 6.08 Å². The summed E-state index contributed by atoms with van der Waals surface area (Å²) in [5.41, 5.74) is 0.114. The predicted octanol–water partition coefficient (Wildman–Crippen LogP) is 5.02. The van der Waals surface area contributed by atoms with Crippen LogP contribution in [0.3, 0.4) is 0 Å². The van der Waals surface area contributed by atoms with E-state index in [9.17, 15) is 13.2 Å². The lowest BCUT2D eigenvalue weighted by atomic mass is 9.70. The first kappa shape index (κ1) is 27.1. The topological polar surface area (TPSA) is 96.7 Å². The van der Waals surface area contributed by atoms with Crippen LogP contribution in [-0.4, -0.2) is 46.8 Å². The Labute approximate surface area is 225 Å². The number of carbonyl (C=O) groups is 1. The van der Waals surface area contributed by atoms with Crippen LogP contribution in [0.1, 0.15) is 65.9 Å². The van der Waals surface area contributed by atoms with E-state index >= 15 is 0 Å². The van der Waals surface area contributed by atoms with E-state index in [4.69, 9.17) is 13.7 Å². The molecule has 3 fully saturated rings. The third-order valence-electron chi connectivity index (χ3n) is 8.79. The Balaban J connectivity index is 1.50. The van der Waals surface area contributed by atoms with Crippen molar-refractivity contribution in [1.82, 2.24) is 8.96 Å². The van der Waals surface area contributed by atoms with E-state index in [-0.39, 0.29) is 17.8 Å². The van der Waals surface area contributed by atoms with Crippen molar-refractivity contribution in [2.75, 3.05) is 0 Å². The lowest BCUT2D eigenvalue weighted by Gasteiger charge is -2.52. The Morgan fingerprint density at radius 3 is 2.66 bits per heavy atom. The molecule has 2 aromatic rings. The van der Waals surface area contributed by atoms with Crippen LogP contribution >= 0.6 is 0 Å². The summed E-state index contributed by atoms with van der Waals surface area (Å²) in [5.74, 6) is 0.182. The number of benzene rings is 1. The molecule has 0 radical (unpaired) electrons. The van der Waals surface area contributed by atoms with Crippen molar-refractivity contribution in [2.24, 2.45) is 23.7 Å². The zero-order chi connectivity index (χ0) is 27.3. The predicted molar refractivity (Wildman–Crippen MR) is 143 cm³/mol. The number of nitrogens with zero attached hydrogens (tertiary/aromatic N) is 2. The molecular weight excluding hydrogens is 504 g/mol. The Morgan fingerprint density at radius 2 is 2.00 bits per heavy atom. The second-order valence-corrected chi connectivity index (χ2v) is 13.3. The standard InChI is InChI=1S/C29H38N2O6S/c1-19(2)16-29-17-24(36-38(33,34)31-14-13-30-18-31)28(5,37-29)23-12-11-20(3)26(23)27(29)35-25(32)15-21(4)22-9-7-6-8-10-22/h6-10,13-15,18-20,23-24,26-27H,11-12,16-17H2,1-5H3/b21-15+. The number of hydrogen-bond acceptors (Lipinski definition) is 7. The van der Waals surface area contributed by atoms with Gasteiger partial charge in [0, 0.05) is 30.8 Å². The summed E-state index contributed by atoms with van der Waals surface area (Å²) in [7, 11) is -4.10. The minimum atomic E-state index is -4.10. The van der Waals surface area contributed by atoms with Crippen molar-refractivity contribution in [2.45, 2.75) is 83.7 Å². The number of ether oxygens (including phenoxy) is 2. The highest BCUT2D eigenvalue weighted by Crippen LogP contribution is 2.63. The third kappa shape index (κ3) is 4.73. The van der Waals surface area contributed by atoms with Crippen LogP contribution in [0.15, 0.2) is 55.1 Å². The smallest absolute Gasteiger partial charge is 0.367 e. The maximum atomic E-state index is 13.3. The Bertz CT molecular complexity index is 1290. The molecule has 38 heavy (non-hydrogen) atoms. The molecule has 0 amide bonds. The van der Waals surface area contributed by atoms with Gasteiger partial charge in [-0.25, -0.2) is 17.9 Å². The van der Waals surface area contributed by atoms with Crippen molar-refractivity contribution >= 4 is 21.8 Å². The van der Waals surface area contributed by atoms with Crippen LogP contribution in [-0.2, 0) is 28.8 Å². The maximum absolute atomic E-state index is 13.3. The van der Waals surface area contributed by atoms with E-state index in [0.29, 0.717) is 18.8 Å². The van der Waals surface area contributed by atoms with Gasteiger partial charge in [0.2, 0.25) is 0 Å². The summed E-state index contributed by atoms with van der Waals surface area (Å²) >= 11 is 0. The molecule has 2 saturated heterocycles. The first-order chi connectivity index (χ1) is 17.9. The third-order valence-corrected chi connectivity index (χ3v) is 10.00. The number of carbonyl (C=O) groups excluding carboxylic acids is 1. The van der Waals surface area contributed by atoms with Crippen LogP contribution < -0.4 is 0 Å². The fraction of sp³-hybridized carbons (Fsp3) is 0.586. The first-order valence-corrected chi connectivity index (χ1v) is 14.9. The van der Waals surface area contributed by atoms with Crippen LogP contribution in [0, 0.1) is 23.7 Å². The lowest BCUT2D eigenvalue weighted by molar-refractivity contribution is -0.254. The minimum Gasteiger partial charge on any atom is -0.456 e. The summed E-state index contributed by atoms with van der Waals surface area (Å²) in [6, 6.07) is 9.74. The molecule has 8 nitrogen and oxygen atoms in total. The molecule has 1 saturated carbocycles. The number of aromatic nitrogens is 2. The van der Waals surface area contributed by atoms with E-state index < -0.39 is 39.7 Å². The lowest BCUT2D eigenvalue weighted by Crippen LogP contribution is -2.60. The summed E-state index contributed by atoms with van der Waals surface area (Å²) in [6.07, 6.45) is 7.09. The first-order valence-electron chi connectivity index (χ1n) is 13.5. The molecule has 2 bridgehead atoms. The van der Waals surface area contributed by atoms with Gasteiger partial charge in [0.15, 0.2) is 0 Å². The molecule has 7 unspecified atom stereocenters. The molecule has 3 aliphatic rings. The second-order valence-electron chi connectivity index (χ2n) is 11.9. The van der Waals surface area contributed by atoms with Gasteiger partial charge in [0.1, 0.15) is 24.1 Å². The Hall–Kier alpha value is -2.49. The maximum Gasteiger partial charge on any atom is 0.367 e.